The van der Waals surface area contributed by atoms with E-state index in [0.29, 0.717) is 0 Å². The van der Waals surface area contributed by atoms with E-state index >= 15 is 0 Å². The van der Waals surface area contributed by atoms with E-state index in [2.05, 4.69) is 45.9 Å². The van der Waals surface area contributed by atoms with Crippen molar-refractivity contribution in [3.8, 4) is 0 Å². The number of rotatable bonds is 2. The number of benzene rings is 1. The van der Waals surface area contributed by atoms with Crippen LogP contribution in [-0.2, 0) is 20.5 Å². The highest BCUT2D eigenvalue weighted by atomic mass is 16.7. The Morgan fingerprint density at radius 1 is 1.15 bits per heavy atom. The molecular weight excluding hydrogens is 251 g/mol. The van der Waals surface area contributed by atoms with Crippen molar-refractivity contribution in [2.75, 3.05) is 7.11 Å². The molecule has 0 saturated carbocycles. The van der Waals surface area contributed by atoms with Crippen LogP contribution in [0.5, 0.6) is 0 Å². The lowest BCUT2D eigenvalue weighted by Gasteiger charge is -2.32. The summed E-state index contributed by atoms with van der Waals surface area (Å²) in [5.74, 6) is 0. The summed E-state index contributed by atoms with van der Waals surface area (Å²) in [5, 5.41) is 0. The van der Waals surface area contributed by atoms with E-state index in [-0.39, 0.29) is 24.4 Å². The first-order valence-electron chi connectivity index (χ1n) is 7.36. The van der Waals surface area contributed by atoms with Crippen LogP contribution < -0.4 is 5.46 Å². The Bertz CT molecular complexity index is 508. The normalized spacial score (nSPS) is 26.9. The monoisotopic (exact) mass is 274 g/mol. The predicted octanol–water partition coefficient (Wildman–Crippen LogP) is 2.62. The standard InChI is InChI=1S/C16H23BO3/c1-15(2)16(3,4)20-17(19-15)13-8-6-7-12-11(13)9-10-14(12)18-5/h6-8,14H,9-10H2,1-5H3. The molecule has 1 atom stereocenters. The molecule has 0 amide bonds. The fourth-order valence-electron chi connectivity index (χ4n) is 3.08. The van der Waals surface area contributed by atoms with Gasteiger partial charge in [0.25, 0.3) is 0 Å². The van der Waals surface area contributed by atoms with Crippen LogP contribution in [0, 0.1) is 0 Å². The van der Waals surface area contributed by atoms with Gasteiger partial charge in [0, 0.05) is 7.11 Å². The molecule has 1 unspecified atom stereocenters. The molecule has 0 radical (unpaired) electrons. The minimum atomic E-state index is -0.292. The second kappa shape index (κ2) is 4.59. The molecule has 1 fully saturated rings. The van der Waals surface area contributed by atoms with Crippen molar-refractivity contribution >= 4 is 12.6 Å². The fraction of sp³-hybridized carbons (Fsp3) is 0.625. The van der Waals surface area contributed by atoms with Gasteiger partial charge in [-0.15, -0.1) is 0 Å². The molecule has 1 aromatic carbocycles. The van der Waals surface area contributed by atoms with Crippen molar-refractivity contribution in [2.24, 2.45) is 0 Å². The molecule has 3 rings (SSSR count). The average molecular weight is 274 g/mol. The Morgan fingerprint density at radius 2 is 1.80 bits per heavy atom. The molecule has 4 heteroatoms. The van der Waals surface area contributed by atoms with Gasteiger partial charge in [-0.1, -0.05) is 18.2 Å². The van der Waals surface area contributed by atoms with Crippen LogP contribution in [0.2, 0.25) is 0 Å². The second-order valence-corrected chi connectivity index (χ2v) is 6.77. The summed E-state index contributed by atoms with van der Waals surface area (Å²) >= 11 is 0. The highest BCUT2D eigenvalue weighted by molar-refractivity contribution is 6.62. The van der Waals surface area contributed by atoms with E-state index in [1.54, 1.807) is 7.11 Å². The van der Waals surface area contributed by atoms with E-state index in [1.807, 2.05) is 0 Å². The average Bonchev–Trinajstić information content (AvgIpc) is 2.88. The van der Waals surface area contributed by atoms with Crippen molar-refractivity contribution in [3.63, 3.8) is 0 Å². The molecule has 108 valence electrons. The molecule has 20 heavy (non-hydrogen) atoms. The highest BCUT2D eigenvalue weighted by Gasteiger charge is 2.52. The lowest BCUT2D eigenvalue weighted by atomic mass is 9.75. The summed E-state index contributed by atoms with van der Waals surface area (Å²) in [6.45, 7) is 8.37. The zero-order valence-corrected chi connectivity index (χ0v) is 13.0. The number of hydrogen-bond acceptors (Lipinski definition) is 3. The minimum absolute atomic E-state index is 0.215. The first kappa shape index (κ1) is 14.1. The van der Waals surface area contributed by atoms with E-state index in [0.717, 1.165) is 12.8 Å². The van der Waals surface area contributed by atoms with Crippen LogP contribution in [0.4, 0.5) is 0 Å². The zero-order valence-electron chi connectivity index (χ0n) is 13.0. The smallest absolute Gasteiger partial charge is 0.399 e. The Hall–Kier alpha value is -0.835. The maximum atomic E-state index is 6.18. The lowest BCUT2D eigenvalue weighted by molar-refractivity contribution is 0.00578. The van der Waals surface area contributed by atoms with Gasteiger partial charge in [-0.2, -0.15) is 0 Å². The van der Waals surface area contributed by atoms with Crippen molar-refractivity contribution in [2.45, 2.75) is 57.8 Å². The summed E-state index contributed by atoms with van der Waals surface area (Å²) in [6, 6.07) is 6.36. The van der Waals surface area contributed by atoms with Gasteiger partial charge in [-0.05, 0) is 57.1 Å². The maximum absolute atomic E-state index is 6.18. The zero-order chi connectivity index (χ0) is 14.5. The summed E-state index contributed by atoms with van der Waals surface area (Å²) in [4.78, 5) is 0. The van der Waals surface area contributed by atoms with Crippen LogP contribution in [0.25, 0.3) is 0 Å². The van der Waals surface area contributed by atoms with Gasteiger partial charge in [-0.3, -0.25) is 0 Å². The van der Waals surface area contributed by atoms with E-state index < -0.39 is 0 Å². The molecule has 0 N–H and O–H groups in total. The molecular formula is C16H23BO3. The second-order valence-electron chi connectivity index (χ2n) is 6.77. The molecule has 2 aliphatic rings. The molecule has 1 heterocycles. The predicted molar refractivity (Wildman–Crippen MR) is 80.2 cm³/mol. The van der Waals surface area contributed by atoms with E-state index in [4.69, 9.17) is 14.0 Å². The summed E-state index contributed by atoms with van der Waals surface area (Å²) < 4.78 is 17.9. The van der Waals surface area contributed by atoms with Gasteiger partial charge in [0.15, 0.2) is 0 Å². The Morgan fingerprint density at radius 3 is 2.40 bits per heavy atom. The van der Waals surface area contributed by atoms with E-state index in [1.165, 1.54) is 16.6 Å². The van der Waals surface area contributed by atoms with Gasteiger partial charge < -0.3 is 14.0 Å². The third kappa shape index (κ3) is 2.02. The Kier molecular flexibility index (Phi) is 3.24. The van der Waals surface area contributed by atoms with Gasteiger partial charge in [0.1, 0.15) is 0 Å². The molecule has 3 nitrogen and oxygen atoms in total. The third-order valence-electron chi connectivity index (χ3n) is 5.04. The molecule has 0 spiro atoms. The summed E-state index contributed by atoms with van der Waals surface area (Å²) in [5.41, 5.74) is 3.22. The largest absolute Gasteiger partial charge is 0.495 e. The maximum Gasteiger partial charge on any atom is 0.495 e. The van der Waals surface area contributed by atoms with Gasteiger partial charge in [0.05, 0.1) is 17.3 Å². The highest BCUT2D eigenvalue weighted by Crippen LogP contribution is 2.38. The fourth-order valence-corrected chi connectivity index (χ4v) is 3.08. The molecule has 1 aromatic rings. The number of fused-ring (bicyclic) bond motifs is 1. The van der Waals surface area contributed by atoms with Gasteiger partial charge in [-0.25, -0.2) is 0 Å². The van der Waals surface area contributed by atoms with Gasteiger partial charge in [0.2, 0.25) is 0 Å². The summed E-state index contributed by atoms with van der Waals surface area (Å²) in [6.07, 6.45) is 2.29. The molecule has 1 saturated heterocycles. The first-order chi connectivity index (χ1) is 9.36. The molecule has 0 aromatic heterocycles. The van der Waals surface area contributed by atoms with Crippen molar-refractivity contribution in [1.29, 1.82) is 0 Å². The first-order valence-corrected chi connectivity index (χ1v) is 7.36. The van der Waals surface area contributed by atoms with Crippen LogP contribution >= 0.6 is 0 Å². The Balaban J connectivity index is 1.96. The SMILES string of the molecule is COC1CCc2c(B3OC(C)(C)C(C)(C)O3)cccc21. The van der Waals surface area contributed by atoms with Crippen molar-refractivity contribution in [3.05, 3.63) is 29.3 Å². The Labute approximate surface area is 121 Å². The summed E-state index contributed by atoms with van der Waals surface area (Å²) in [7, 11) is 1.51. The van der Waals surface area contributed by atoms with Crippen molar-refractivity contribution in [1.82, 2.24) is 0 Å². The number of methoxy groups -OCH3 is 1. The topological polar surface area (TPSA) is 27.7 Å². The van der Waals surface area contributed by atoms with Crippen LogP contribution in [0.15, 0.2) is 18.2 Å². The molecule has 1 aliphatic heterocycles. The molecule has 1 aliphatic carbocycles. The van der Waals surface area contributed by atoms with E-state index in [9.17, 15) is 0 Å². The number of ether oxygens (including phenoxy) is 1. The van der Waals surface area contributed by atoms with Crippen molar-refractivity contribution < 1.29 is 14.0 Å². The van der Waals surface area contributed by atoms with Crippen LogP contribution in [0.3, 0.4) is 0 Å². The quantitative estimate of drug-likeness (QED) is 0.776. The lowest BCUT2D eigenvalue weighted by Crippen LogP contribution is -2.41. The minimum Gasteiger partial charge on any atom is -0.399 e. The van der Waals surface area contributed by atoms with Gasteiger partial charge >= 0.3 is 7.12 Å². The number of hydrogen-bond donors (Lipinski definition) is 0. The van der Waals surface area contributed by atoms with Crippen LogP contribution in [-0.4, -0.2) is 25.4 Å². The molecule has 0 bridgehead atoms. The third-order valence-corrected chi connectivity index (χ3v) is 5.04. The van der Waals surface area contributed by atoms with Crippen LogP contribution in [0.1, 0.15) is 51.3 Å².